The second-order valence-electron chi connectivity index (χ2n) is 6.43. The van der Waals surface area contributed by atoms with E-state index < -0.39 is 0 Å². The van der Waals surface area contributed by atoms with Crippen molar-refractivity contribution in [2.45, 2.75) is 38.8 Å². The maximum Gasteiger partial charge on any atom is 0.346 e. The minimum atomic E-state index is -0.314. The molecule has 0 spiro atoms. The number of rotatable bonds is 6. The maximum atomic E-state index is 12.3. The van der Waals surface area contributed by atoms with Gasteiger partial charge in [-0.15, -0.1) is 0 Å². The number of aryl methyl sites for hydroxylation is 1. The summed E-state index contributed by atoms with van der Waals surface area (Å²) in [5, 5.41) is 10.2. The normalized spacial score (nSPS) is 13.5. The molecule has 0 saturated carbocycles. The zero-order valence-corrected chi connectivity index (χ0v) is 15.7. The molecule has 2 amide bonds. The molecule has 1 aliphatic rings. The number of fused-ring (bicyclic) bond motifs is 1. The van der Waals surface area contributed by atoms with Gasteiger partial charge in [-0.3, -0.25) is 14.2 Å². The van der Waals surface area contributed by atoms with Gasteiger partial charge in [-0.05, 0) is 37.1 Å². The quantitative estimate of drug-likeness (QED) is 0.717. The number of carbonyl (C=O) groups is 2. The van der Waals surface area contributed by atoms with Gasteiger partial charge in [0.2, 0.25) is 5.91 Å². The molecule has 8 nitrogen and oxygen atoms in total. The van der Waals surface area contributed by atoms with E-state index in [9.17, 15) is 14.4 Å². The van der Waals surface area contributed by atoms with Crippen molar-refractivity contribution >= 4 is 23.4 Å². The molecule has 1 aliphatic heterocycles. The Bertz CT molecular complexity index is 872. The molecule has 27 heavy (non-hydrogen) atoms. The summed E-state index contributed by atoms with van der Waals surface area (Å²) in [6, 6.07) is 6.54. The highest BCUT2D eigenvalue weighted by Gasteiger charge is 2.17. The Morgan fingerprint density at radius 3 is 2.59 bits per heavy atom. The molecule has 144 valence electrons. The molecule has 0 bridgehead atoms. The van der Waals surface area contributed by atoms with Crippen molar-refractivity contribution in [3.05, 3.63) is 51.2 Å². The fourth-order valence-corrected chi connectivity index (χ4v) is 3.13. The van der Waals surface area contributed by atoms with Gasteiger partial charge in [-0.1, -0.05) is 18.0 Å². The van der Waals surface area contributed by atoms with Crippen molar-refractivity contribution in [1.82, 2.24) is 25.0 Å². The smallest absolute Gasteiger partial charge is 0.346 e. The number of nitrogens with zero attached hydrogens (tertiary/aromatic N) is 3. The van der Waals surface area contributed by atoms with Crippen molar-refractivity contribution in [2.75, 3.05) is 13.1 Å². The van der Waals surface area contributed by atoms with Crippen molar-refractivity contribution in [3.8, 4) is 0 Å². The molecule has 0 saturated heterocycles. The Morgan fingerprint density at radius 2 is 1.81 bits per heavy atom. The van der Waals surface area contributed by atoms with Gasteiger partial charge in [-0.25, -0.2) is 9.48 Å². The molecule has 2 aromatic rings. The van der Waals surface area contributed by atoms with Crippen LogP contribution in [-0.4, -0.2) is 39.3 Å². The molecule has 0 radical (unpaired) electrons. The number of halogens is 1. The molecule has 0 unspecified atom stereocenters. The lowest BCUT2D eigenvalue weighted by molar-refractivity contribution is -0.121. The molecular weight excluding hydrogens is 370 g/mol. The summed E-state index contributed by atoms with van der Waals surface area (Å²) in [4.78, 5) is 36.3. The minimum Gasteiger partial charge on any atom is -0.353 e. The second kappa shape index (κ2) is 8.85. The van der Waals surface area contributed by atoms with Crippen molar-refractivity contribution in [1.29, 1.82) is 0 Å². The maximum absolute atomic E-state index is 12.3. The predicted octanol–water partition coefficient (Wildman–Crippen LogP) is 0.971. The van der Waals surface area contributed by atoms with Crippen LogP contribution in [0.15, 0.2) is 29.1 Å². The highest BCUT2D eigenvalue weighted by molar-refractivity contribution is 6.30. The van der Waals surface area contributed by atoms with Gasteiger partial charge < -0.3 is 10.6 Å². The molecule has 0 aliphatic carbocycles. The van der Waals surface area contributed by atoms with Crippen LogP contribution in [-0.2, 0) is 24.3 Å². The van der Waals surface area contributed by atoms with Crippen molar-refractivity contribution in [2.24, 2.45) is 0 Å². The highest BCUT2D eigenvalue weighted by Crippen LogP contribution is 2.10. The molecule has 1 aromatic heterocycles. The summed E-state index contributed by atoms with van der Waals surface area (Å²) in [6.07, 6.45) is 3.82. The van der Waals surface area contributed by atoms with E-state index in [0.717, 1.165) is 31.5 Å². The number of carbonyl (C=O) groups excluding carboxylic acids is 2. The first-order valence-electron chi connectivity index (χ1n) is 9.01. The Morgan fingerprint density at radius 1 is 1.07 bits per heavy atom. The van der Waals surface area contributed by atoms with E-state index in [1.54, 1.807) is 28.8 Å². The Labute approximate surface area is 161 Å². The van der Waals surface area contributed by atoms with Gasteiger partial charge in [-0.2, -0.15) is 5.10 Å². The summed E-state index contributed by atoms with van der Waals surface area (Å²) < 4.78 is 2.87. The van der Waals surface area contributed by atoms with Crippen LogP contribution in [0.1, 0.15) is 35.4 Å². The van der Waals surface area contributed by atoms with Gasteiger partial charge >= 0.3 is 5.69 Å². The summed E-state index contributed by atoms with van der Waals surface area (Å²) >= 11 is 5.79. The Kier molecular flexibility index (Phi) is 6.28. The lowest BCUT2D eigenvalue weighted by Crippen LogP contribution is -2.38. The van der Waals surface area contributed by atoms with Crippen LogP contribution < -0.4 is 16.3 Å². The molecule has 0 atom stereocenters. The first-order valence-corrected chi connectivity index (χ1v) is 9.39. The highest BCUT2D eigenvalue weighted by atomic mass is 35.5. The largest absolute Gasteiger partial charge is 0.353 e. The zero-order chi connectivity index (χ0) is 19.2. The standard InChI is InChI=1S/C18H22ClN5O3/c19-14-7-5-13(6-8-14)17(26)21-10-9-20-16(25)12-24-18(27)23-11-3-1-2-4-15(23)22-24/h5-8H,1-4,9-12H2,(H,20,25)(H,21,26). The molecule has 0 fully saturated rings. The fraction of sp³-hybridized carbons (Fsp3) is 0.444. The second-order valence-corrected chi connectivity index (χ2v) is 6.87. The predicted molar refractivity (Wildman–Crippen MR) is 101 cm³/mol. The first kappa shape index (κ1) is 19.2. The topological polar surface area (TPSA) is 98.0 Å². The fourth-order valence-electron chi connectivity index (χ4n) is 3.00. The van der Waals surface area contributed by atoms with Gasteiger partial charge in [0.1, 0.15) is 12.4 Å². The van der Waals surface area contributed by atoms with E-state index in [0.29, 0.717) is 17.1 Å². The number of benzene rings is 1. The lowest BCUT2D eigenvalue weighted by atomic mass is 10.2. The van der Waals surface area contributed by atoms with Gasteiger partial charge in [0.25, 0.3) is 5.91 Å². The van der Waals surface area contributed by atoms with Crippen LogP contribution in [0.3, 0.4) is 0 Å². The van der Waals surface area contributed by atoms with E-state index in [-0.39, 0.29) is 37.1 Å². The zero-order valence-electron chi connectivity index (χ0n) is 14.9. The monoisotopic (exact) mass is 391 g/mol. The van der Waals surface area contributed by atoms with Crippen LogP contribution in [0.25, 0.3) is 0 Å². The van der Waals surface area contributed by atoms with E-state index in [2.05, 4.69) is 15.7 Å². The number of amides is 2. The molecule has 2 heterocycles. The van der Waals surface area contributed by atoms with Gasteiger partial charge in [0.15, 0.2) is 0 Å². The molecule has 1 aromatic carbocycles. The molecular formula is C18H22ClN5O3. The third-order valence-electron chi connectivity index (χ3n) is 4.41. The van der Waals surface area contributed by atoms with Crippen LogP contribution in [0.2, 0.25) is 5.02 Å². The van der Waals surface area contributed by atoms with Crippen molar-refractivity contribution < 1.29 is 9.59 Å². The number of hydrogen-bond acceptors (Lipinski definition) is 4. The average molecular weight is 392 g/mol. The van der Waals surface area contributed by atoms with E-state index in [4.69, 9.17) is 11.6 Å². The number of aromatic nitrogens is 3. The lowest BCUT2D eigenvalue weighted by Gasteiger charge is -2.07. The van der Waals surface area contributed by atoms with Crippen LogP contribution in [0.5, 0.6) is 0 Å². The Balaban J connectivity index is 1.44. The van der Waals surface area contributed by atoms with Gasteiger partial charge in [0, 0.05) is 36.6 Å². The summed E-state index contributed by atoms with van der Waals surface area (Å²) in [7, 11) is 0. The van der Waals surface area contributed by atoms with Gasteiger partial charge in [0.05, 0.1) is 0 Å². The molecule has 3 rings (SSSR count). The van der Waals surface area contributed by atoms with E-state index >= 15 is 0 Å². The number of hydrogen-bond donors (Lipinski definition) is 2. The first-order chi connectivity index (χ1) is 13.0. The average Bonchev–Trinajstić information content (AvgIpc) is 2.82. The summed E-state index contributed by atoms with van der Waals surface area (Å²) in [5.74, 6) is 0.196. The van der Waals surface area contributed by atoms with E-state index in [1.165, 1.54) is 4.68 Å². The summed E-state index contributed by atoms with van der Waals surface area (Å²) in [5.41, 5.74) is 0.259. The third-order valence-corrected chi connectivity index (χ3v) is 4.67. The van der Waals surface area contributed by atoms with Crippen LogP contribution >= 0.6 is 11.6 Å². The van der Waals surface area contributed by atoms with Crippen LogP contribution in [0.4, 0.5) is 0 Å². The van der Waals surface area contributed by atoms with Crippen LogP contribution in [0, 0.1) is 0 Å². The summed E-state index contributed by atoms with van der Waals surface area (Å²) in [6.45, 7) is 1.08. The number of nitrogens with one attached hydrogen (secondary N) is 2. The Hall–Kier alpha value is -2.61. The van der Waals surface area contributed by atoms with E-state index in [1.807, 2.05) is 0 Å². The molecule has 9 heteroatoms. The minimum absolute atomic E-state index is 0.121. The van der Waals surface area contributed by atoms with Crippen molar-refractivity contribution in [3.63, 3.8) is 0 Å². The molecule has 2 N–H and O–H groups in total. The SMILES string of the molecule is O=C(Cn1nc2n(c1=O)CCCCC2)NCCNC(=O)c1ccc(Cl)cc1. The third kappa shape index (κ3) is 4.97.